The second-order valence-electron chi connectivity index (χ2n) is 4.48. The van der Waals surface area contributed by atoms with Gasteiger partial charge in [0.2, 0.25) is 5.95 Å². The van der Waals surface area contributed by atoms with E-state index in [2.05, 4.69) is 9.97 Å². The van der Waals surface area contributed by atoms with Gasteiger partial charge in [-0.3, -0.25) is 4.98 Å². The molecule has 3 aromatic rings. The average Bonchev–Trinajstić information content (AvgIpc) is 2.73. The van der Waals surface area contributed by atoms with E-state index >= 15 is 0 Å². The van der Waals surface area contributed by atoms with E-state index < -0.39 is 0 Å². The summed E-state index contributed by atoms with van der Waals surface area (Å²) in [6.45, 7) is 0.659. The summed E-state index contributed by atoms with van der Waals surface area (Å²) in [4.78, 5) is 8.27. The van der Waals surface area contributed by atoms with Crippen LogP contribution in [0.4, 0.5) is 10.3 Å². The van der Waals surface area contributed by atoms with Crippen LogP contribution in [0, 0.1) is 9.39 Å². The summed E-state index contributed by atoms with van der Waals surface area (Å²) in [6, 6.07) is 7.12. The number of aryl methyl sites for hydroxylation is 2. The molecule has 1 aromatic carbocycles. The monoisotopic (exact) mass is 382 g/mol. The third-order valence-electron chi connectivity index (χ3n) is 3.19. The maximum absolute atomic E-state index is 13.7. The number of benzene rings is 1. The van der Waals surface area contributed by atoms with Crippen molar-refractivity contribution in [3.05, 3.63) is 51.6 Å². The number of nitrogens with two attached hydrogens (primary N) is 1. The fourth-order valence-electron chi connectivity index (χ4n) is 2.16. The summed E-state index contributed by atoms with van der Waals surface area (Å²) in [5.41, 5.74) is 8.55. The zero-order valence-electron chi connectivity index (χ0n) is 10.6. The van der Waals surface area contributed by atoms with E-state index in [1.807, 2.05) is 39.3 Å². The minimum absolute atomic E-state index is 0.247. The first-order valence-electron chi connectivity index (χ1n) is 6.15. The third kappa shape index (κ3) is 2.47. The lowest BCUT2D eigenvalue weighted by atomic mass is 10.2. The maximum atomic E-state index is 13.7. The molecule has 2 heterocycles. The summed E-state index contributed by atoms with van der Waals surface area (Å²) < 4.78 is 16.1. The number of anilines is 1. The lowest BCUT2D eigenvalue weighted by Crippen LogP contribution is -2.05. The fourth-order valence-corrected chi connectivity index (χ4v) is 2.61. The number of hydrogen-bond donors (Lipinski definition) is 1. The molecule has 20 heavy (non-hydrogen) atoms. The second kappa shape index (κ2) is 5.35. The first kappa shape index (κ1) is 13.3. The third-order valence-corrected chi connectivity index (χ3v) is 4.02. The van der Waals surface area contributed by atoms with Gasteiger partial charge in [-0.05, 0) is 52.8 Å². The number of halogens is 2. The van der Waals surface area contributed by atoms with Crippen molar-refractivity contribution in [2.75, 3.05) is 5.73 Å². The minimum Gasteiger partial charge on any atom is -0.369 e. The molecule has 2 N–H and O–H groups in total. The van der Waals surface area contributed by atoms with Gasteiger partial charge in [0.05, 0.1) is 14.6 Å². The molecule has 0 aliphatic heterocycles. The predicted molar refractivity (Wildman–Crippen MR) is 84.8 cm³/mol. The second-order valence-corrected chi connectivity index (χ2v) is 5.64. The highest BCUT2D eigenvalue weighted by atomic mass is 127. The molecule has 0 fully saturated rings. The summed E-state index contributed by atoms with van der Waals surface area (Å²) >= 11 is 1.95. The average molecular weight is 382 g/mol. The van der Waals surface area contributed by atoms with Crippen molar-refractivity contribution in [1.82, 2.24) is 14.5 Å². The Morgan fingerprint density at radius 1 is 1.25 bits per heavy atom. The van der Waals surface area contributed by atoms with Crippen LogP contribution in [0.2, 0.25) is 0 Å². The number of imidazole rings is 1. The van der Waals surface area contributed by atoms with E-state index in [0.717, 1.165) is 23.0 Å². The summed E-state index contributed by atoms with van der Waals surface area (Å²) in [5, 5.41) is 0. The molecule has 0 bridgehead atoms. The van der Waals surface area contributed by atoms with Gasteiger partial charge in [-0.2, -0.15) is 0 Å². The van der Waals surface area contributed by atoms with Crippen LogP contribution in [0.15, 0.2) is 36.7 Å². The number of rotatable bonds is 3. The highest BCUT2D eigenvalue weighted by Gasteiger charge is 2.11. The van der Waals surface area contributed by atoms with Gasteiger partial charge in [-0.1, -0.05) is 0 Å². The summed E-state index contributed by atoms with van der Waals surface area (Å²) in [7, 11) is 0. The first-order chi connectivity index (χ1) is 9.65. The Hall–Kier alpha value is -1.70. The quantitative estimate of drug-likeness (QED) is 0.709. The molecule has 0 atom stereocenters. The van der Waals surface area contributed by atoms with Gasteiger partial charge in [0.1, 0.15) is 5.82 Å². The molecule has 0 radical (unpaired) electrons. The predicted octanol–water partition coefficient (Wildman–Crippen LogP) is 3.00. The number of pyridine rings is 1. The van der Waals surface area contributed by atoms with Crippen LogP contribution in [0.25, 0.3) is 11.0 Å². The van der Waals surface area contributed by atoms with Crippen LogP contribution in [0.5, 0.6) is 0 Å². The molecule has 3 rings (SSSR count). The van der Waals surface area contributed by atoms with Gasteiger partial charge >= 0.3 is 0 Å². The van der Waals surface area contributed by atoms with Crippen molar-refractivity contribution >= 4 is 39.6 Å². The lowest BCUT2D eigenvalue weighted by molar-refractivity contribution is 0.620. The standard InChI is InChI=1S/C14H12FIN4/c15-10-7-13-12(8-11(10)16)19-14(17)20(13)6-3-9-1-4-18-5-2-9/h1-2,4-5,7-8H,3,6H2,(H2,17,19). The maximum Gasteiger partial charge on any atom is 0.201 e. The molecule has 0 amide bonds. The van der Waals surface area contributed by atoms with Gasteiger partial charge in [0.15, 0.2) is 0 Å². The molecule has 2 aromatic heterocycles. The number of fused-ring (bicyclic) bond motifs is 1. The van der Waals surface area contributed by atoms with E-state index in [4.69, 9.17) is 5.73 Å². The van der Waals surface area contributed by atoms with E-state index in [9.17, 15) is 4.39 Å². The van der Waals surface area contributed by atoms with Crippen LogP contribution >= 0.6 is 22.6 Å². The molecule has 0 saturated carbocycles. The molecule has 6 heteroatoms. The van der Waals surface area contributed by atoms with E-state index in [-0.39, 0.29) is 5.82 Å². The highest BCUT2D eigenvalue weighted by Crippen LogP contribution is 2.23. The molecule has 4 nitrogen and oxygen atoms in total. The van der Waals surface area contributed by atoms with Gasteiger partial charge in [0.25, 0.3) is 0 Å². The van der Waals surface area contributed by atoms with Crippen molar-refractivity contribution in [2.45, 2.75) is 13.0 Å². The van der Waals surface area contributed by atoms with Gasteiger partial charge < -0.3 is 10.3 Å². The summed E-state index contributed by atoms with van der Waals surface area (Å²) in [5.74, 6) is 0.165. The number of nitrogens with zero attached hydrogens (tertiary/aromatic N) is 3. The van der Waals surface area contributed by atoms with Crippen molar-refractivity contribution in [1.29, 1.82) is 0 Å². The van der Waals surface area contributed by atoms with Crippen LogP contribution in [0.1, 0.15) is 5.56 Å². The Labute approximate surface area is 129 Å². The molecule has 102 valence electrons. The number of aromatic nitrogens is 3. The van der Waals surface area contributed by atoms with E-state index in [1.54, 1.807) is 18.5 Å². The van der Waals surface area contributed by atoms with Gasteiger partial charge in [0, 0.05) is 25.0 Å². The fraction of sp³-hybridized carbons (Fsp3) is 0.143. The normalized spacial score (nSPS) is 11.1. The molecular formula is C14H12FIN4. The van der Waals surface area contributed by atoms with Crippen molar-refractivity contribution < 1.29 is 4.39 Å². The van der Waals surface area contributed by atoms with E-state index in [1.165, 1.54) is 6.07 Å². The number of nitrogen functional groups attached to an aromatic ring is 1. The smallest absolute Gasteiger partial charge is 0.201 e. The van der Waals surface area contributed by atoms with Crippen LogP contribution in [-0.4, -0.2) is 14.5 Å². The van der Waals surface area contributed by atoms with Crippen LogP contribution in [-0.2, 0) is 13.0 Å². The summed E-state index contributed by atoms with van der Waals surface area (Å²) in [6.07, 6.45) is 4.31. The molecule has 0 aliphatic rings. The van der Waals surface area contributed by atoms with Gasteiger partial charge in [-0.25, -0.2) is 9.37 Å². The first-order valence-corrected chi connectivity index (χ1v) is 7.22. The molecule has 0 spiro atoms. The van der Waals surface area contributed by atoms with Crippen LogP contribution < -0.4 is 5.73 Å². The van der Waals surface area contributed by atoms with Crippen LogP contribution in [0.3, 0.4) is 0 Å². The van der Waals surface area contributed by atoms with Crippen molar-refractivity contribution in [3.63, 3.8) is 0 Å². The Morgan fingerprint density at radius 2 is 2.00 bits per heavy atom. The Kier molecular flexibility index (Phi) is 3.56. The Morgan fingerprint density at radius 3 is 2.75 bits per heavy atom. The molecule has 0 saturated heterocycles. The minimum atomic E-state index is -0.247. The van der Waals surface area contributed by atoms with Gasteiger partial charge in [-0.15, -0.1) is 0 Å². The topological polar surface area (TPSA) is 56.7 Å². The Bertz CT molecular complexity index is 755. The van der Waals surface area contributed by atoms with E-state index in [0.29, 0.717) is 16.1 Å². The molecular weight excluding hydrogens is 370 g/mol. The van der Waals surface area contributed by atoms with Crippen molar-refractivity contribution in [2.24, 2.45) is 0 Å². The SMILES string of the molecule is Nc1nc2cc(I)c(F)cc2n1CCc1ccncc1. The Balaban J connectivity index is 1.95. The van der Waals surface area contributed by atoms with Crippen molar-refractivity contribution in [3.8, 4) is 0 Å². The zero-order valence-corrected chi connectivity index (χ0v) is 12.7. The molecule has 0 aliphatic carbocycles. The largest absolute Gasteiger partial charge is 0.369 e. The highest BCUT2D eigenvalue weighted by molar-refractivity contribution is 14.1. The lowest BCUT2D eigenvalue weighted by Gasteiger charge is -2.06. The molecule has 0 unspecified atom stereocenters. The number of hydrogen-bond acceptors (Lipinski definition) is 3. The zero-order chi connectivity index (χ0) is 14.1.